The van der Waals surface area contributed by atoms with Crippen molar-refractivity contribution in [2.24, 2.45) is 0 Å². The molecule has 0 heterocycles. The number of ether oxygens (including phenoxy) is 3. The van der Waals surface area contributed by atoms with Crippen LogP contribution in [-0.2, 0) is 28.6 Å². The highest BCUT2D eigenvalue weighted by atomic mass is 16.6. The van der Waals surface area contributed by atoms with Crippen LogP contribution in [0.3, 0.4) is 0 Å². The molecular weight excluding hydrogens is 937 g/mol. The molecule has 0 aliphatic heterocycles. The third kappa shape index (κ3) is 61.4. The van der Waals surface area contributed by atoms with E-state index in [1.54, 1.807) is 0 Å². The fourth-order valence-corrected chi connectivity index (χ4v) is 9.27. The van der Waals surface area contributed by atoms with Crippen molar-refractivity contribution in [2.45, 2.75) is 329 Å². The van der Waals surface area contributed by atoms with Crippen LogP contribution in [0.4, 0.5) is 0 Å². The van der Waals surface area contributed by atoms with E-state index in [1.807, 2.05) is 0 Å². The first-order valence-electron chi connectivity index (χ1n) is 32.6. The molecule has 0 aromatic heterocycles. The molecular formula is C70H122O6. The highest BCUT2D eigenvalue weighted by Gasteiger charge is 2.19. The number of unbranched alkanes of at least 4 members (excludes halogenated alkanes) is 34. The van der Waals surface area contributed by atoms with Gasteiger partial charge in [-0.2, -0.15) is 0 Å². The van der Waals surface area contributed by atoms with Crippen LogP contribution < -0.4 is 0 Å². The molecule has 76 heavy (non-hydrogen) atoms. The van der Waals surface area contributed by atoms with Gasteiger partial charge in [0.1, 0.15) is 13.2 Å². The SMILES string of the molecule is CC/C=C\C/C=C\C/C=C\C/C=C\CCCCCCCCC(=O)OC(COC(=O)CCCCCCCC/C=C\C/C=C\C/C=C\CCCCCCC)COC(=O)CCCCCCCCCCCCCCCCCCCC. The highest BCUT2D eigenvalue weighted by molar-refractivity contribution is 5.71. The summed E-state index contributed by atoms with van der Waals surface area (Å²) in [5.41, 5.74) is 0. The van der Waals surface area contributed by atoms with Crippen LogP contribution in [0.1, 0.15) is 323 Å². The topological polar surface area (TPSA) is 78.9 Å². The van der Waals surface area contributed by atoms with E-state index >= 15 is 0 Å². The summed E-state index contributed by atoms with van der Waals surface area (Å²) in [5, 5.41) is 0. The lowest BCUT2D eigenvalue weighted by Crippen LogP contribution is -2.30. The van der Waals surface area contributed by atoms with Crippen LogP contribution in [0.15, 0.2) is 85.1 Å². The first kappa shape index (κ1) is 72.6. The molecule has 0 aliphatic rings. The zero-order chi connectivity index (χ0) is 55.0. The molecule has 0 aliphatic carbocycles. The van der Waals surface area contributed by atoms with E-state index in [9.17, 15) is 14.4 Å². The van der Waals surface area contributed by atoms with Crippen LogP contribution >= 0.6 is 0 Å². The largest absolute Gasteiger partial charge is 0.462 e. The summed E-state index contributed by atoms with van der Waals surface area (Å²) < 4.78 is 16.9. The molecule has 1 atom stereocenters. The molecule has 0 aromatic carbocycles. The van der Waals surface area contributed by atoms with Gasteiger partial charge >= 0.3 is 17.9 Å². The number of hydrogen-bond donors (Lipinski definition) is 0. The van der Waals surface area contributed by atoms with Gasteiger partial charge in [-0.15, -0.1) is 0 Å². The molecule has 0 aromatic rings. The fourth-order valence-electron chi connectivity index (χ4n) is 9.27. The van der Waals surface area contributed by atoms with Gasteiger partial charge in [0.15, 0.2) is 6.10 Å². The lowest BCUT2D eigenvalue weighted by molar-refractivity contribution is -0.167. The summed E-state index contributed by atoms with van der Waals surface area (Å²) in [6.45, 7) is 6.54. The maximum absolute atomic E-state index is 12.9. The molecule has 6 heteroatoms. The van der Waals surface area contributed by atoms with Gasteiger partial charge in [0.05, 0.1) is 0 Å². The van der Waals surface area contributed by atoms with E-state index in [0.717, 1.165) is 116 Å². The Morgan fingerprint density at radius 3 is 0.803 bits per heavy atom. The third-order valence-corrected chi connectivity index (χ3v) is 14.1. The average Bonchev–Trinajstić information content (AvgIpc) is 3.42. The van der Waals surface area contributed by atoms with Crippen LogP contribution in [0.2, 0.25) is 0 Å². The predicted molar refractivity (Wildman–Crippen MR) is 330 cm³/mol. The van der Waals surface area contributed by atoms with Crippen molar-refractivity contribution >= 4 is 17.9 Å². The Labute approximate surface area is 471 Å². The molecule has 0 saturated carbocycles. The molecule has 1 unspecified atom stereocenters. The van der Waals surface area contributed by atoms with Crippen LogP contribution in [0.25, 0.3) is 0 Å². The lowest BCUT2D eigenvalue weighted by Gasteiger charge is -2.18. The van der Waals surface area contributed by atoms with Gasteiger partial charge in [-0.25, -0.2) is 0 Å². The summed E-state index contributed by atoms with van der Waals surface area (Å²) in [6, 6.07) is 0. The van der Waals surface area contributed by atoms with Crippen molar-refractivity contribution < 1.29 is 28.6 Å². The maximum Gasteiger partial charge on any atom is 0.306 e. The number of carbonyl (C=O) groups excluding carboxylic acids is 3. The normalized spacial score (nSPS) is 12.6. The van der Waals surface area contributed by atoms with Gasteiger partial charge in [0.25, 0.3) is 0 Å². The molecule has 0 radical (unpaired) electrons. The van der Waals surface area contributed by atoms with Gasteiger partial charge in [-0.1, -0.05) is 292 Å². The van der Waals surface area contributed by atoms with E-state index in [4.69, 9.17) is 14.2 Å². The third-order valence-electron chi connectivity index (χ3n) is 14.1. The Hall–Kier alpha value is -3.41. The van der Waals surface area contributed by atoms with Crippen molar-refractivity contribution in [3.8, 4) is 0 Å². The van der Waals surface area contributed by atoms with E-state index in [-0.39, 0.29) is 31.1 Å². The van der Waals surface area contributed by atoms with Gasteiger partial charge in [-0.05, 0) is 96.3 Å². The fraction of sp³-hybridized carbons (Fsp3) is 0.757. The Balaban J connectivity index is 4.42. The minimum atomic E-state index is -0.791. The predicted octanol–water partition coefficient (Wildman–Crippen LogP) is 22.3. The highest BCUT2D eigenvalue weighted by Crippen LogP contribution is 2.17. The second-order valence-corrected chi connectivity index (χ2v) is 21.6. The first-order valence-corrected chi connectivity index (χ1v) is 32.6. The number of hydrogen-bond acceptors (Lipinski definition) is 6. The molecule has 0 N–H and O–H groups in total. The molecule has 0 rings (SSSR count). The molecule has 0 amide bonds. The molecule has 0 fully saturated rings. The smallest absolute Gasteiger partial charge is 0.306 e. The summed E-state index contributed by atoms with van der Waals surface area (Å²) in [5.74, 6) is -0.896. The van der Waals surface area contributed by atoms with E-state index < -0.39 is 6.10 Å². The van der Waals surface area contributed by atoms with E-state index in [0.29, 0.717) is 19.3 Å². The summed E-state index contributed by atoms with van der Waals surface area (Å²) >= 11 is 0. The minimum absolute atomic E-state index is 0.0843. The van der Waals surface area contributed by atoms with Gasteiger partial charge in [-0.3, -0.25) is 14.4 Å². The summed E-state index contributed by atoms with van der Waals surface area (Å²) in [7, 11) is 0. The number of allylic oxidation sites excluding steroid dienone is 14. The van der Waals surface area contributed by atoms with Crippen molar-refractivity contribution in [2.75, 3.05) is 13.2 Å². The molecule has 0 saturated heterocycles. The number of rotatable bonds is 59. The molecule has 6 nitrogen and oxygen atoms in total. The Morgan fingerprint density at radius 1 is 0.276 bits per heavy atom. The Morgan fingerprint density at radius 2 is 0.513 bits per heavy atom. The van der Waals surface area contributed by atoms with Crippen molar-refractivity contribution in [3.05, 3.63) is 85.1 Å². The van der Waals surface area contributed by atoms with Gasteiger partial charge in [0, 0.05) is 19.3 Å². The van der Waals surface area contributed by atoms with E-state index in [2.05, 4.69) is 106 Å². The van der Waals surface area contributed by atoms with Crippen molar-refractivity contribution in [1.29, 1.82) is 0 Å². The minimum Gasteiger partial charge on any atom is -0.462 e. The van der Waals surface area contributed by atoms with Gasteiger partial charge in [0.2, 0.25) is 0 Å². The average molecular weight is 1060 g/mol. The Kier molecular flexibility index (Phi) is 61.2. The zero-order valence-electron chi connectivity index (χ0n) is 50.3. The first-order chi connectivity index (χ1) is 37.5. The standard InChI is InChI=1S/C70H122O6/c1-4-7-10-13-16-19-22-25-28-31-34-35-37-39-42-45-48-51-54-57-60-63-69(72)75-66-67(65-74-68(71)62-59-56-53-50-47-44-41-38-33-30-27-24-21-18-15-12-9-6-3)76-70(73)64-61-58-55-52-49-46-43-40-36-32-29-26-23-20-17-14-11-8-5-2/h8,11,17,20,22,25-26,29,31,34,36-37,39-40,67H,4-7,9-10,12-16,18-19,21,23-24,27-28,30,32-33,35,38,41-66H2,1-3H3/b11-8-,20-17-,25-22-,29-26-,34-31-,39-37-,40-36-. The van der Waals surface area contributed by atoms with Crippen LogP contribution in [-0.4, -0.2) is 37.2 Å². The summed E-state index contributed by atoms with van der Waals surface area (Å²) in [6.07, 6.45) is 84.4. The van der Waals surface area contributed by atoms with Crippen molar-refractivity contribution in [3.63, 3.8) is 0 Å². The molecule has 0 bridgehead atoms. The second kappa shape index (κ2) is 64.1. The van der Waals surface area contributed by atoms with E-state index in [1.165, 1.54) is 167 Å². The van der Waals surface area contributed by atoms with Crippen LogP contribution in [0.5, 0.6) is 0 Å². The molecule has 0 spiro atoms. The molecule has 438 valence electrons. The second-order valence-electron chi connectivity index (χ2n) is 21.6. The number of esters is 3. The zero-order valence-corrected chi connectivity index (χ0v) is 50.3. The maximum atomic E-state index is 12.9. The lowest BCUT2D eigenvalue weighted by atomic mass is 10.0. The Bertz CT molecular complexity index is 1450. The monoisotopic (exact) mass is 1060 g/mol. The van der Waals surface area contributed by atoms with Crippen molar-refractivity contribution in [1.82, 2.24) is 0 Å². The summed E-state index contributed by atoms with van der Waals surface area (Å²) in [4.78, 5) is 38.4. The quantitative estimate of drug-likeness (QED) is 0.0261. The van der Waals surface area contributed by atoms with Crippen LogP contribution in [0, 0.1) is 0 Å². The number of carbonyl (C=O) groups is 3. The van der Waals surface area contributed by atoms with Gasteiger partial charge < -0.3 is 14.2 Å².